The van der Waals surface area contributed by atoms with Crippen molar-refractivity contribution < 1.29 is 53.4 Å². The Labute approximate surface area is 91.5 Å². The van der Waals surface area contributed by atoms with Gasteiger partial charge in [-0.15, -0.1) is 0 Å². The van der Waals surface area contributed by atoms with Crippen molar-refractivity contribution in [2.75, 3.05) is 6.61 Å². The number of alkyl halides is 9. The molecule has 0 saturated carbocycles. The van der Waals surface area contributed by atoms with Gasteiger partial charge in [-0.1, -0.05) is 0 Å². The molecule has 108 valence electrons. The Bertz CT molecular complexity index is 301. The van der Waals surface area contributed by atoms with Crippen molar-refractivity contribution in [2.24, 2.45) is 0 Å². The Hall–Kier alpha value is -1.07. The standard InChI is InChI=1S/C6H2F10O2/c7-2(17)3(8,9)1-18-4(10,5(11,12)13)6(14,15)16/h1H2. The fraction of sp³-hybridized carbons (Fsp3) is 0.833. The summed E-state index contributed by atoms with van der Waals surface area (Å²) in [6, 6.07) is -3.56. The first-order valence-electron chi connectivity index (χ1n) is 3.69. The fourth-order valence-corrected chi connectivity index (χ4v) is 0.571. The van der Waals surface area contributed by atoms with Crippen molar-refractivity contribution in [1.29, 1.82) is 0 Å². The molecule has 2 nitrogen and oxygen atoms in total. The van der Waals surface area contributed by atoms with E-state index in [1.807, 2.05) is 0 Å². The van der Waals surface area contributed by atoms with Gasteiger partial charge in [-0.25, -0.2) is 0 Å². The molecule has 0 heterocycles. The van der Waals surface area contributed by atoms with Crippen molar-refractivity contribution in [1.82, 2.24) is 0 Å². The Morgan fingerprint density at radius 1 is 0.833 bits per heavy atom. The Morgan fingerprint density at radius 3 is 1.39 bits per heavy atom. The van der Waals surface area contributed by atoms with Crippen molar-refractivity contribution in [3.05, 3.63) is 0 Å². The highest BCUT2D eigenvalue weighted by Crippen LogP contribution is 2.47. The van der Waals surface area contributed by atoms with Gasteiger partial charge in [-0.3, -0.25) is 4.79 Å². The number of hydrogen-bond acceptors (Lipinski definition) is 2. The van der Waals surface area contributed by atoms with Crippen LogP contribution in [0.15, 0.2) is 0 Å². The molecule has 12 heteroatoms. The van der Waals surface area contributed by atoms with Gasteiger partial charge in [0.2, 0.25) is 0 Å². The quantitative estimate of drug-likeness (QED) is 0.589. The average molecular weight is 296 g/mol. The van der Waals surface area contributed by atoms with E-state index in [-0.39, 0.29) is 0 Å². The Morgan fingerprint density at radius 2 is 1.17 bits per heavy atom. The Kier molecular flexibility index (Phi) is 4.28. The van der Waals surface area contributed by atoms with Crippen LogP contribution in [0.4, 0.5) is 43.9 Å². The summed E-state index contributed by atoms with van der Waals surface area (Å²) in [5, 5.41) is 0. The summed E-state index contributed by atoms with van der Waals surface area (Å²) in [6.07, 6.45) is -13.5. The third kappa shape index (κ3) is 3.23. The minimum atomic E-state index is -6.74. The monoisotopic (exact) mass is 296 g/mol. The molecule has 0 spiro atoms. The van der Waals surface area contributed by atoms with Gasteiger partial charge in [0.1, 0.15) is 6.61 Å². The van der Waals surface area contributed by atoms with Crippen molar-refractivity contribution in [3.8, 4) is 0 Å². The van der Waals surface area contributed by atoms with Crippen LogP contribution in [0.3, 0.4) is 0 Å². The lowest BCUT2D eigenvalue weighted by atomic mass is 10.2. The lowest BCUT2D eigenvalue weighted by molar-refractivity contribution is -0.434. The normalized spacial score (nSPS) is 14.8. The van der Waals surface area contributed by atoms with E-state index in [9.17, 15) is 48.7 Å². The van der Waals surface area contributed by atoms with Crippen LogP contribution in [0.25, 0.3) is 0 Å². The number of halogens is 10. The van der Waals surface area contributed by atoms with E-state index in [2.05, 4.69) is 4.74 Å². The van der Waals surface area contributed by atoms with Gasteiger partial charge < -0.3 is 4.74 Å². The van der Waals surface area contributed by atoms with Gasteiger partial charge in [0.15, 0.2) is 0 Å². The van der Waals surface area contributed by atoms with Crippen LogP contribution in [0, 0.1) is 0 Å². The maximum atomic E-state index is 12.6. The molecule has 0 aliphatic heterocycles. The summed E-state index contributed by atoms with van der Waals surface area (Å²) in [6.45, 7) is -3.06. The molecule has 0 N–H and O–H groups in total. The molecule has 0 bridgehead atoms. The van der Waals surface area contributed by atoms with Crippen LogP contribution in [0.2, 0.25) is 0 Å². The van der Waals surface area contributed by atoms with Crippen molar-refractivity contribution in [2.45, 2.75) is 24.1 Å². The number of ether oxygens (including phenoxy) is 1. The van der Waals surface area contributed by atoms with Crippen LogP contribution in [0.1, 0.15) is 0 Å². The topological polar surface area (TPSA) is 26.3 Å². The summed E-state index contributed by atoms with van der Waals surface area (Å²) in [4.78, 5) is 9.50. The zero-order valence-electron chi connectivity index (χ0n) is 7.80. The van der Waals surface area contributed by atoms with Gasteiger partial charge >= 0.3 is 30.2 Å². The molecule has 0 aromatic rings. The predicted molar refractivity (Wildman–Crippen MR) is 33.0 cm³/mol. The fourth-order valence-electron chi connectivity index (χ4n) is 0.571. The lowest BCUT2D eigenvalue weighted by Crippen LogP contribution is -2.56. The van der Waals surface area contributed by atoms with E-state index in [1.54, 1.807) is 0 Å². The van der Waals surface area contributed by atoms with Crippen LogP contribution in [-0.2, 0) is 9.53 Å². The lowest BCUT2D eigenvalue weighted by Gasteiger charge is -2.30. The van der Waals surface area contributed by atoms with Crippen LogP contribution >= 0.6 is 0 Å². The molecule has 0 fully saturated rings. The zero-order valence-corrected chi connectivity index (χ0v) is 7.80. The third-order valence-corrected chi connectivity index (χ3v) is 1.47. The van der Waals surface area contributed by atoms with E-state index in [0.29, 0.717) is 0 Å². The van der Waals surface area contributed by atoms with E-state index in [0.717, 1.165) is 0 Å². The first-order valence-corrected chi connectivity index (χ1v) is 3.69. The maximum absolute atomic E-state index is 12.6. The molecular formula is C6H2F10O2. The highest BCUT2D eigenvalue weighted by atomic mass is 19.4. The number of rotatable bonds is 4. The molecule has 0 unspecified atom stereocenters. The highest BCUT2D eigenvalue weighted by molar-refractivity contribution is 5.76. The molecule has 0 amide bonds. The average Bonchev–Trinajstić information content (AvgIpc) is 2.10. The molecule has 0 aliphatic rings. The van der Waals surface area contributed by atoms with Gasteiger partial charge in [0, 0.05) is 0 Å². The van der Waals surface area contributed by atoms with Gasteiger partial charge in [0.25, 0.3) is 0 Å². The van der Waals surface area contributed by atoms with Crippen LogP contribution < -0.4 is 0 Å². The van der Waals surface area contributed by atoms with Crippen LogP contribution in [0.5, 0.6) is 0 Å². The molecular weight excluding hydrogens is 294 g/mol. The maximum Gasteiger partial charge on any atom is 0.458 e. The predicted octanol–water partition coefficient (Wildman–Crippen LogP) is 2.92. The van der Waals surface area contributed by atoms with Crippen LogP contribution in [-0.4, -0.2) is 36.8 Å². The van der Waals surface area contributed by atoms with E-state index < -0.39 is 36.8 Å². The zero-order chi connectivity index (χ0) is 15.0. The van der Waals surface area contributed by atoms with E-state index >= 15 is 0 Å². The number of carbonyl (C=O) groups excluding carboxylic acids is 1. The van der Waals surface area contributed by atoms with Gasteiger partial charge in [-0.2, -0.15) is 43.9 Å². The second kappa shape index (κ2) is 4.55. The summed E-state index contributed by atoms with van der Waals surface area (Å²) in [7, 11) is 0. The Balaban J connectivity index is 5.15. The van der Waals surface area contributed by atoms with Crippen molar-refractivity contribution in [3.63, 3.8) is 0 Å². The number of carbonyl (C=O) groups is 1. The summed E-state index contributed by atoms with van der Waals surface area (Å²) >= 11 is 0. The van der Waals surface area contributed by atoms with Gasteiger partial charge in [-0.05, 0) is 0 Å². The minimum Gasteiger partial charge on any atom is -0.325 e. The second-order valence-corrected chi connectivity index (χ2v) is 2.86. The second-order valence-electron chi connectivity index (χ2n) is 2.86. The smallest absolute Gasteiger partial charge is 0.325 e. The molecule has 0 radical (unpaired) electrons. The largest absolute Gasteiger partial charge is 0.458 e. The first-order chi connectivity index (χ1) is 7.65. The summed E-state index contributed by atoms with van der Waals surface area (Å²) < 4.78 is 121. The van der Waals surface area contributed by atoms with Gasteiger partial charge in [0.05, 0.1) is 0 Å². The minimum absolute atomic E-state index is 2.36. The molecule has 0 rings (SSSR count). The number of hydrogen-bond donors (Lipinski definition) is 0. The summed E-state index contributed by atoms with van der Waals surface area (Å²) in [5.74, 6) is -11.8. The van der Waals surface area contributed by atoms with E-state index in [1.165, 1.54) is 0 Å². The summed E-state index contributed by atoms with van der Waals surface area (Å²) in [5.41, 5.74) is 0. The molecule has 0 aromatic heterocycles. The first kappa shape index (κ1) is 16.9. The molecule has 18 heavy (non-hydrogen) atoms. The SMILES string of the molecule is O=C(F)C(F)(F)COC(F)(C(F)(F)F)C(F)(F)F. The highest BCUT2D eigenvalue weighted by Gasteiger charge is 2.75. The molecule has 0 aliphatic carbocycles. The molecule has 0 atom stereocenters. The van der Waals surface area contributed by atoms with Crippen molar-refractivity contribution >= 4 is 6.04 Å². The molecule has 0 aromatic carbocycles. The molecule has 0 saturated heterocycles. The van der Waals surface area contributed by atoms with E-state index in [4.69, 9.17) is 0 Å². The third-order valence-electron chi connectivity index (χ3n) is 1.47.